The predicted octanol–water partition coefficient (Wildman–Crippen LogP) is 6.17. The van der Waals surface area contributed by atoms with Gasteiger partial charge in [-0.3, -0.25) is 4.79 Å². The molecule has 1 aliphatic heterocycles. The Labute approximate surface area is 172 Å². The van der Waals surface area contributed by atoms with Crippen molar-refractivity contribution >= 4 is 28.9 Å². The molecule has 2 aliphatic rings. The minimum Gasteiger partial charge on any atom is -0.381 e. The second-order valence-corrected chi connectivity index (χ2v) is 9.83. The van der Waals surface area contributed by atoms with Crippen LogP contribution in [0.1, 0.15) is 57.6 Å². The Balaban J connectivity index is 1.56. The fourth-order valence-electron chi connectivity index (χ4n) is 4.61. The highest BCUT2D eigenvalue weighted by Crippen LogP contribution is 2.43. The number of carbonyl (C=O) groups is 1. The Bertz CT molecular complexity index is 876. The molecule has 0 radical (unpaired) electrons. The van der Waals surface area contributed by atoms with Crippen molar-refractivity contribution in [3.8, 4) is 0 Å². The molecule has 4 rings (SSSR count). The molecule has 0 bridgehead atoms. The van der Waals surface area contributed by atoms with Gasteiger partial charge in [-0.2, -0.15) is 0 Å². The number of amides is 1. The summed E-state index contributed by atoms with van der Waals surface area (Å²) in [5.41, 5.74) is 4.18. The molecule has 4 heteroatoms. The van der Waals surface area contributed by atoms with E-state index >= 15 is 0 Å². The monoisotopic (exact) mass is 396 g/mol. The number of rotatable bonds is 3. The van der Waals surface area contributed by atoms with Gasteiger partial charge >= 0.3 is 0 Å². The predicted molar refractivity (Wildman–Crippen MR) is 117 cm³/mol. The third-order valence-corrected chi connectivity index (χ3v) is 6.70. The molecule has 28 heavy (non-hydrogen) atoms. The van der Waals surface area contributed by atoms with Gasteiger partial charge < -0.3 is 10.6 Å². The molecule has 0 spiro atoms. The molecule has 0 aromatic heterocycles. The van der Waals surface area contributed by atoms with Crippen molar-refractivity contribution < 1.29 is 4.79 Å². The highest BCUT2D eigenvalue weighted by molar-refractivity contribution is 6.30. The quantitative estimate of drug-likeness (QED) is 0.650. The van der Waals surface area contributed by atoms with Gasteiger partial charge in [0.2, 0.25) is 5.91 Å². The van der Waals surface area contributed by atoms with Crippen LogP contribution in [0.3, 0.4) is 0 Å². The minimum absolute atomic E-state index is 0.102. The lowest BCUT2D eigenvalue weighted by atomic mass is 9.78. The van der Waals surface area contributed by atoms with Crippen LogP contribution in [0.5, 0.6) is 0 Å². The minimum atomic E-state index is -0.449. The van der Waals surface area contributed by atoms with Crippen molar-refractivity contribution in [2.45, 2.75) is 64.3 Å². The lowest BCUT2D eigenvalue weighted by molar-refractivity contribution is -0.121. The smallest absolute Gasteiger partial charge is 0.235 e. The molecule has 2 aromatic rings. The first-order valence-electron chi connectivity index (χ1n) is 10.2. The number of fused-ring (bicyclic) bond motifs is 1. The van der Waals surface area contributed by atoms with Crippen LogP contribution in [0.15, 0.2) is 42.5 Å². The van der Waals surface area contributed by atoms with Crippen molar-refractivity contribution in [2.75, 3.05) is 10.6 Å². The second-order valence-electron chi connectivity index (χ2n) is 9.39. The zero-order chi connectivity index (χ0) is 19.9. The lowest BCUT2D eigenvalue weighted by Crippen LogP contribution is -2.38. The molecule has 1 atom stereocenters. The molecular weight excluding hydrogens is 368 g/mol. The highest BCUT2D eigenvalue weighted by Gasteiger charge is 2.42. The first-order valence-corrected chi connectivity index (χ1v) is 10.6. The normalized spacial score (nSPS) is 20.5. The molecule has 1 saturated carbocycles. The van der Waals surface area contributed by atoms with Gasteiger partial charge in [-0.05, 0) is 66.1 Å². The van der Waals surface area contributed by atoms with Crippen molar-refractivity contribution in [1.29, 1.82) is 0 Å². The first-order chi connectivity index (χ1) is 13.3. The Kier molecular flexibility index (Phi) is 4.91. The summed E-state index contributed by atoms with van der Waals surface area (Å²) in [5.74, 6) is 0.102. The Hall–Kier alpha value is -2.00. The van der Waals surface area contributed by atoms with Crippen molar-refractivity contribution in [3.63, 3.8) is 0 Å². The van der Waals surface area contributed by atoms with E-state index in [1.165, 1.54) is 11.3 Å². The van der Waals surface area contributed by atoms with E-state index in [0.29, 0.717) is 11.1 Å². The van der Waals surface area contributed by atoms with Crippen LogP contribution in [-0.2, 0) is 16.6 Å². The van der Waals surface area contributed by atoms with Crippen LogP contribution in [-0.4, -0.2) is 11.9 Å². The molecule has 1 aliphatic carbocycles. The standard InChI is InChI=1S/C24H29ClN2O/c1-23(2,3)21-15-16-14-19(10-11-20(16)27-21)26-22(28)24(12-4-5-13-24)17-6-8-18(25)9-7-17/h6-11,14,21,27H,4-5,12-13,15H2,1-3H3,(H,26,28). The Morgan fingerprint density at radius 1 is 1.11 bits per heavy atom. The maximum Gasteiger partial charge on any atom is 0.235 e. The van der Waals surface area contributed by atoms with E-state index in [0.717, 1.165) is 43.4 Å². The van der Waals surface area contributed by atoms with Crippen LogP contribution < -0.4 is 10.6 Å². The van der Waals surface area contributed by atoms with Gasteiger partial charge in [0.25, 0.3) is 0 Å². The summed E-state index contributed by atoms with van der Waals surface area (Å²) in [6, 6.07) is 14.5. The average Bonchev–Trinajstić information content (AvgIpc) is 3.29. The van der Waals surface area contributed by atoms with Gasteiger partial charge in [0, 0.05) is 22.4 Å². The van der Waals surface area contributed by atoms with Gasteiger partial charge in [0.15, 0.2) is 0 Å². The summed E-state index contributed by atoms with van der Waals surface area (Å²) in [7, 11) is 0. The largest absolute Gasteiger partial charge is 0.381 e. The molecule has 1 amide bonds. The molecule has 148 valence electrons. The van der Waals surface area contributed by atoms with Gasteiger partial charge in [-0.1, -0.05) is 57.3 Å². The Morgan fingerprint density at radius 2 is 1.79 bits per heavy atom. The zero-order valence-corrected chi connectivity index (χ0v) is 17.7. The van der Waals surface area contributed by atoms with Crippen LogP contribution in [0.2, 0.25) is 5.02 Å². The molecule has 1 unspecified atom stereocenters. The maximum atomic E-state index is 13.4. The molecule has 2 aromatic carbocycles. The van der Waals surface area contributed by atoms with Crippen LogP contribution in [0.25, 0.3) is 0 Å². The topological polar surface area (TPSA) is 41.1 Å². The number of nitrogens with one attached hydrogen (secondary N) is 2. The SMILES string of the molecule is CC(C)(C)C1Cc2cc(NC(=O)C3(c4ccc(Cl)cc4)CCCC3)ccc2N1. The van der Waals surface area contributed by atoms with E-state index in [1.54, 1.807) is 0 Å². The van der Waals surface area contributed by atoms with E-state index in [4.69, 9.17) is 11.6 Å². The van der Waals surface area contributed by atoms with E-state index in [2.05, 4.69) is 43.5 Å². The van der Waals surface area contributed by atoms with Crippen molar-refractivity contribution in [3.05, 3.63) is 58.6 Å². The summed E-state index contributed by atoms with van der Waals surface area (Å²) < 4.78 is 0. The van der Waals surface area contributed by atoms with Crippen molar-refractivity contribution in [2.24, 2.45) is 5.41 Å². The van der Waals surface area contributed by atoms with Crippen LogP contribution in [0.4, 0.5) is 11.4 Å². The molecule has 1 heterocycles. The maximum absolute atomic E-state index is 13.4. The molecule has 1 fully saturated rings. The summed E-state index contributed by atoms with van der Waals surface area (Å²) in [5, 5.41) is 7.55. The molecular formula is C24H29ClN2O. The summed E-state index contributed by atoms with van der Waals surface area (Å²) in [6.07, 6.45) is 4.93. The van der Waals surface area contributed by atoms with E-state index in [9.17, 15) is 4.79 Å². The van der Waals surface area contributed by atoms with Gasteiger partial charge in [-0.25, -0.2) is 0 Å². The van der Waals surface area contributed by atoms with Gasteiger partial charge in [-0.15, -0.1) is 0 Å². The number of hydrogen-bond donors (Lipinski definition) is 2. The van der Waals surface area contributed by atoms with Crippen LogP contribution >= 0.6 is 11.6 Å². The lowest BCUT2D eigenvalue weighted by Gasteiger charge is -2.28. The third kappa shape index (κ3) is 3.53. The fraction of sp³-hybridized carbons (Fsp3) is 0.458. The number of carbonyl (C=O) groups excluding carboxylic acids is 1. The van der Waals surface area contributed by atoms with Crippen molar-refractivity contribution in [1.82, 2.24) is 0 Å². The summed E-state index contributed by atoms with van der Waals surface area (Å²) in [4.78, 5) is 13.4. The molecule has 0 saturated heterocycles. The highest BCUT2D eigenvalue weighted by atomic mass is 35.5. The third-order valence-electron chi connectivity index (χ3n) is 6.45. The van der Waals surface area contributed by atoms with Gasteiger partial charge in [0.05, 0.1) is 5.41 Å². The van der Waals surface area contributed by atoms with Gasteiger partial charge in [0.1, 0.15) is 0 Å². The second kappa shape index (κ2) is 7.11. The van der Waals surface area contributed by atoms with E-state index < -0.39 is 5.41 Å². The molecule has 2 N–H and O–H groups in total. The van der Waals surface area contributed by atoms with E-state index in [-0.39, 0.29) is 11.3 Å². The number of halogens is 1. The Morgan fingerprint density at radius 3 is 2.43 bits per heavy atom. The number of anilines is 2. The van der Waals surface area contributed by atoms with E-state index in [1.807, 2.05) is 30.3 Å². The average molecular weight is 397 g/mol. The van der Waals surface area contributed by atoms with Crippen LogP contribution in [0, 0.1) is 5.41 Å². The summed E-state index contributed by atoms with van der Waals surface area (Å²) >= 11 is 6.06. The fourth-order valence-corrected chi connectivity index (χ4v) is 4.73. The first kappa shape index (κ1) is 19.3. The number of benzene rings is 2. The molecule has 3 nitrogen and oxygen atoms in total. The zero-order valence-electron chi connectivity index (χ0n) is 16.9. The number of hydrogen-bond acceptors (Lipinski definition) is 2. The summed E-state index contributed by atoms with van der Waals surface area (Å²) in [6.45, 7) is 6.78.